The van der Waals surface area contributed by atoms with Gasteiger partial charge in [-0.05, 0) is 36.8 Å². The third kappa shape index (κ3) is 1.24. The van der Waals surface area contributed by atoms with Gasteiger partial charge in [-0.1, -0.05) is 23.7 Å². The molecule has 1 heterocycles. The molecule has 0 spiro atoms. The van der Waals surface area contributed by atoms with Crippen molar-refractivity contribution in [3.05, 3.63) is 47.0 Å². The van der Waals surface area contributed by atoms with E-state index in [9.17, 15) is 0 Å². The molecule has 2 heteroatoms. The van der Waals surface area contributed by atoms with Crippen molar-refractivity contribution in [2.75, 3.05) is 0 Å². The molecule has 2 aromatic carbocycles. The van der Waals surface area contributed by atoms with Crippen molar-refractivity contribution in [1.82, 2.24) is 0 Å². The van der Waals surface area contributed by atoms with Gasteiger partial charge in [0.05, 0.1) is 0 Å². The lowest BCUT2D eigenvalue weighted by Gasteiger charge is -1.94. The first-order valence-corrected chi connectivity index (χ1v) is 5.21. The minimum atomic E-state index is 0.744. The van der Waals surface area contributed by atoms with E-state index in [0.29, 0.717) is 0 Å². The van der Waals surface area contributed by atoms with Gasteiger partial charge in [-0.25, -0.2) is 0 Å². The summed E-state index contributed by atoms with van der Waals surface area (Å²) in [5.74, 6) is 0. The Morgan fingerprint density at radius 2 is 1.93 bits per heavy atom. The Balaban J connectivity index is 2.61. The number of benzene rings is 2. The second kappa shape index (κ2) is 3.01. The normalized spacial score (nSPS) is 11.3. The molecule has 0 unspecified atom stereocenters. The summed E-state index contributed by atoms with van der Waals surface area (Å²) in [7, 11) is 0. The van der Waals surface area contributed by atoms with Crippen LogP contribution in [-0.4, -0.2) is 0 Å². The minimum absolute atomic E-state index is 0.744. The SMILES string of the molecule is Cc1cccc2oc3ccc(Cl)cc3c12. The molecule has 1 aromatic heterocycles. The van der Waals surface area contributed by atoms with Gasteiger partial charge in [0.15, 0.2) is 0 Å². The zero-order chi connectivity index (χ0) is 10.4. The number of halogens is 1. The zero-order valence-corrected chi connectivity index (χ0v) is 9.01. The van der Waals surface area contributed by atoms with Crippen LogP contribution >= 0.6 is 11.6 Å². The van der Waals surface area contributed by atoms with Crippen LogP contribution in [0, 0.1) is 6.92 Å². The maximum atomic E-state index is 5.99. The molecule has 0 N–H and O–H groups in total. The van der Waals surface area contributed by atoms with Gasteiger partial charge < -0.3 is 4.42 Å². The number of furan rings is 1. The van der Waals surface area contributed by atoms with Crippen LogP contribution in [-0.2, 0) is 0 Å². The van der Waals surface area contributed by atoms with Gasteiger partial charge in [-0.2, -0.15) is 0 Å². The summed E-state index contributed by atoms with van der Waals surface area (Å²) in [5.41, 5.74) is 3.03. The molecule has 0 saturated heterocycles. The van der Waals surface area contributed by atoms with Crippen LogP contribution in [0.4, 0.5) is 0 Å². The molecule has 15 heavy (non-hydrogen) atoms. The number of aryl methyl sites for hydroxylation is 1. The summed E-state index contributed by atoms with van der Waals surface area (Å²) >= 11 is 5.99. The predicted octanol–water partition coefficient (Wildman–Crippen LogP) is 4.55. The Kier molecular flexibility index (Phi) is 1.77. The van der Waals surface area contributed by atoms with Gasteiger partial charge in [-0.15, -0.1) is 0 Å². The van der Waals surface area contributed by atoms with Gasteiger partial charge in [0.1, 0.15) is 11.2 Å². The number of hydrogen-bond acceptors (Lipinski definition) is 1. The predicted molar refractivity (Wildman–Crippen MR) is 63.5 cm³/mol. The minimum Gasteiger partial charge on any atom is -0.456 e. The van der Waals surface area contributed by atoms with Gasteiger partial charge in [0.2, 0.25) is 0 Å². The number of rotatable bonds is 0. The van der Waals surface area contributed by atoms with E-state index in [1.165, 1.54) is 5.56 Å². The maximum absolute atomic E-state index is 5.99. The van der Waals surface area contributed by atoms with E-state index in [1.807, 2.05) is 30.3 Å². The summed E-state index contributed by atoms with van der Waals surface area (Å²) in [6, 6.07) is 11.8. The molecule has 0 fully saturated rings. The molecular formula is C13H9ClO. The first-order valence-electron chi connectivity index (χ1n) is 4.83. The molecule has 1 nitrogen and oxygen atoms in total. The summed E-state index contributed by atoms with van der Waals surface area (Å²) in [6.45, 7) is 2.08. The standard InChI is InChI=1S/C13H9ClO/c1-8-3-2-4-12-13(8)10-7-9(14)5-6-11(10)15-12/h2-7H,1H3. The quantitative estimate of drug-likeness (QED) is 0.537. The van der Waals surface area contributed by atoms with Crippen LogP contribution in [0.15, 0.2) is 40.8 Å². The van der Waals surface area contributed by atoms with Gasteiger partial charge in [0, 0.05) is 15.8 Å². The van der Waals surface area contributed by atoms with Crippen LogP contribution in [0.25, 0.3) is 21.9 Å². The smallest absolute Gasteiger partial charge is 0.135 e. The third-order valence-corrected chi connectivity index (χ3v) is 2.90. The van der Waals surface area contributed by atoms with Crippen molar-refractivity contribution >= 4 is 33.5 Å². The molecule has 3 aromatic rings. The zero-order valence-electron chi connectivity index (χ0n) is 8.25. The molecule has 0 radical (unpaired) electrons. The van der Waals surface area contributed by atoms with Crippen molar-refractivity contribution in [2.24, 2.45) is 0 Å². The van der Waals surface area contributed by atoms with E-state index in [2.05, 4.69) is 13.0 Å². The van der Waals surface area contributed by atoms with Crippen molar-refractivity contribution in [3.63, 3.8) is 0 Å². The Bertz CT molecular complexity index is 652. The van der Waals surface area contributed by atoms with E-state index in [1.54, 1.807) is 0 Å². The van der Waals surface area contributed by atoms with Crippen molar-refractivity contribution in [3.8, 4) is 0 Å². The maximum Gasteiger partial charge on any atom is 0.135 e. The summed E-state index contributed by atoms with van der Waals surface area (Å²) in [4.78, 5) is 0. The molecule has 0 bridgehead atoms. The average molecular weight is 217 g/mol. The Hall–Kier alpha value is -1.47. The van der Waals surface area contributed by atoms with E-state index in [0.717, 1.165) is 27.0 Å². The van der Waals surface area contributed by atoms with Gasteiger partial charge in [-0.3, -0.25) is 0 Å². The van der Waals surface area contributed by atoms with Crippen LogP contribution < -0.4 is 0 Å². The summed E-state index contributed by atoms with van der Waals surface area (Å²) < 4.78 is 5.73. The fraction of sp³-hybridized carbons (Fsp3) is 0.0769. The Morgan fingerprint density at radius 3 is 2.80 bits per heavy atom. The first-order chi connectivity index (χ1) is 7.25. The molecule has 0 amide bonds. The summed E-state index contributed by atoms with van der Waals surface area (Å²) in [5, 5.41) is 3.00. The van der Waals surface area contributed by atoms with Crippen molar-refractivity contribution in [2.45, 2.75) is 6.92 Å². The highest BCUT2D eigenvalue weighted by Gasteiger charge is 2.08. The van der Waals surface area contributed by atoms with E-state index in [4.69, 9.17) is 16.0 Å². The van der Waals surface area contributed by atoms with Crippen LogP contribution in [0.3, 0.4) is 0 Å². The number of fused-ring (bicyclic) bond motifs is 3. The van der Waals surface area contributed by atoms with Gasteiger partial charge in [0.25, 0.3) is 0 Å². The van der Waals surface area contributed by atoms with Gasteiger partial charge >= 0.3 is 0 Å². The number of hydrogen-bond donors (Lipinski definition) is 0. The molecule has 0 aliphatic carbocycles. The van der Waals surface area contributed by atoms with E-state index in [-0.39, 0.29) is 0 Å². The first kappa shape index (κ1) is 8.81. The molecular weight excluding hydrogens is 208 g/mol. The second-order valence-corrected chi connectivity index (χ2v) is 4.13. The average Bonchev–Trinajstić information content (AvgIpc) is 2.57. The lowest BCUT2D eigenvalue weighted by atomic mass is 10.1. The molecule has 0 atom stereocenters. The highest BCUT2D eigenvalue weighted by Crippen LogP contribution is 2.32. The lowest BCUT2D eigenvalue weighted by Crippen LogP contribution is -1.72. The Labute approximate surface area is 92.3 Å². The van der Waals surface area contributed by atoms with E-state index < -0.39 is 0 Å². The second-order valence-electron chi connectivity index (χ2n) is 3.69. The lowest BCUT2D eigenvalue weighted by molar-refractivity contribution is 0.669. The molecule has 3 rings (SSSR count). The van der Waals surface area contributed by atoms with Crippen LogP contribution in [0.2, 0.25) is 5.02 Å². The largest absolute Gasteiger partial charge is 0.456 e. The highest BCUT2D eigenvalue weighted by atomic mass is 35.5. The fourth-order valence-corrected chi connectivity index (χ4v) is 2.15. The van der Waals surface area contributed by atoms with Crippen LogP contribution in [0.1, 0.15) is 5.56 Å². The highest BCUT2D eigenvalue weighted by molar-refractivity contribution is 6.31. The Morgan fingerprint density at radius 1 is 1.07 bits per heavy atom. The molecule has 0 aliphatic heterocycles. The topological polar surface area (TPSA) is 13.1 Å². The molecule has 74 valence electrons. The fourth-order valence-electron chi connectivity index (χ4n) is 1.98. The van der Waals surface area contributed by atoms with E-state index >= 15 is 0 Å². The van der Waals surface area contributed by atoms with Crippen molar-refractivity contribution in [1.29, 1.82) is 0 Å². The molecule has 0 saturated carbocycles. The monoisotopic (exact) mass is 216 g/mol. The summed E-state index contributed by atoms with van der Waals surface area (Å²) in [6.07, 6.45) is 0. The third-order valence-electron chi connectivity index (χ3n) is 2.67. The molecule has 0 aliphatic rings. The van der Waals surface area contributed by atoms with Crippen LogP contribution in [0.5, 0.6) is 0 Å². The van der Waals surface area contributed by atoms with Crippen molar-refractivity contribution < 1.29 is 4.42 Å².